The molecule has 1 aromatic rings. The van der Waals surface area contributed by atoms with Crippen molar-refractivity contribution in [3.63, 3.8) is 0 Å². The van der Waals surface area contributed by atoms with E-state index in [0.717, 1.165) is 4.47 Å². The Morgan fingerprint density at radius 2 is 2.16 bits per heavy atom. The van der Waals surface area contributed by atoms with Gasteiger partial charge in [0.25, 0.3) is 0 Å². The minimum Gasteiger partial charge on any atom is -0.399 e. The van der Waals surface area contributed by atoms with Gasteiger partial charge in [0, 0.05) is 10.2 Å². The zero-order chi connectivity index (χ0) is 14.3. The molecule has 0 saturated heterocycles. The minimum absolute atomic E-state index is 0.00171. The van der Waals surface area contributed by atoms with Crippen LogP contribution in [0, 0.1) is 0 Å². The van der Waals surface area contributed by atoms with Gasteiger partial charge in [-0.1, -0.05) is 0 Å². The minimum atomic E-state index is -0.213. The van der Waals surface area contributed by atoms with E-state index in [1.807, 2.05) is 13.8 Å². The number of benzene rings is 1. The molecule has 0 aromatic heterocycles. The second-order valence-electron chi connectivity index (χ2n) is 4.26. The predicted molar refractivity (Wildman–Crippen MR) is 79.1 cm³/mol. The van der Waals surface area contributed by atoms with Crippen molar-refractivity contribution in [1.29, 1.82) is 0 Å². The van der Waals surface area contributed by atoms with E-state index >= 15 is 0 Å². The number of ether oxygens (including phenoxy) is 2. The first-order valence-corrected chi connectivity index (χ1v) is 6.82. The summed E-state index contributed by atoms with van der Waals surface area (Å²) in [6, 6.07) is 5.18. The van der Waals surface area contributed by atoms with Crippen LogP contribution in [0.3, 0.4) is 0 Å². The molecule has 0 fully saturated rings. The maximum absolute atomic E-state index is 11.6. The summed E-state index contributed by atoms with van der Waals surface area (Å²) in [5.41, 5.74) is 6.91. The fourth-order valence-electron chi connectivity index (χ4n) is 1.33. The lowest BCUT2D eigenvalue weighted by atomic mass is 10.3. The number of amides is 1. The Morgan fingerprint density at radius 3 is 2.79 bits per heavy atom. The molecule has 0 aliphatic carbocycles. The fraction of sp³-hybridized carbons (Fsp3) is 0.462. The SMILES string of the molecule is CC(C)OCCOCC(=O)Nc1ccc(N)cc1Br. The summed E-state index contributed by atoms with van der Waals surface area (Å²) in [5.74, 6) is -0.213. The molecule has 106 valence electrons. The van der Waals surface area contributed by atoms with Crippen molar-refractivity contribution in [2.24, 2.45) is 0 Å². The first kappa shape index (κ1) is 15.9. The van der Waals surface area contributed by atoms with E-state index in [9.17, 15) is 4.79 Å². The Morgan fingerprint density at radius 1 is 1.42 bits per heavy atom. The van der Waals surface area contributed by atoms with E-state index in [4.69, 9.17) is 15.2 Å². The number of nitrogens with two attached hydrogens (primary N) is 1. The van der Waals surface area contributed by atoms with Crippen LogP contribution >= 0.6 is 15.9 Å². The third kappa shape index (κ3) is 6.56. The molecule has 0 aliphatic rings. The molecular weight excluding hydrogens is 312 g/mol. The summed E-state index contributed by atoms with van der Waals surface area (Å²) in [5, 5.41) is 2.73. The molecular formula is C13H19BrN2O3. The van der Waals surface area contributed by atoms with Crippen LogP contribution in [-0.2, 0) is 14.3 Å². The standard InChI is InChI=1S/C13H19BrN2O3/c1-9(2)19-6-5-18-8-13(17)16-12-4-3-10(15)7-11(12)14/h3-4,7,9H,5-6,8,15H2,1-2H3,(H,16,17). The maximum Gasteiger partial charge on any atom is 0.250 e. The molecule has 0 spiro atoms. The van der Waals surface area contributed by atoms with E-state index in [1.54, 1.807) is 18.2 Å². The second kappa shape index (κ2) is 8.14. The predicted octanol–water partition coefficient (Wildman–Crippen LogP) is 2.41. The Bertz CT molecular complexity index is 424. The summed E-state index contributed by atoms with van der Waals surface area (Å²) in [6.45, 7) is 4.78. The summed E-state index contributed by atoms with van der Waals surface area (Å²) >= 11 is 3.33. The van der Waals surface area contributed by atoms with E-state index in [-0.39, 0.29) is 18.6 Å². The number of hydrogen-bond donors (Lipinski definition) is 2. The maximum atomic E-state index is 11.6. The van der Waals surface area contributed by atoms with Crippen LogP contribution in [0.1, 0.15) is 13.8 Å². The van der Waals surface area contributed by atoms with Crippen LogP contribution in [0.25, 0.3) is 0 Å². The molecule has 1 amide bonds. The zero-order valence-corrected chi connectivity index (χ0v) is 12.7. The van der Waals surface area contributed by atoms with Gasteiger partial charge in [0.05, 0.1) is 25.0 Å². The highest BCUT2D eigenvalue weighted by atomic mass is 79.9. The number of halogens is 1. The van der Waals surface area contributed by atoms with E-state index < -0.39 is 0 Å². The van der Waals surface area contributed by atoms with Crippen LogP contribution in [-0.4, -0.2) is 31.8 Å². The van der Waals surface area contributed by atoms with Gasteiger partial charge in [-0.25, -0.2) is 0 Å². The van der Waals surface area contributed by atoms with Gasteiger partial charge in [-0.15, -0.1) is 0 Å². The van der Waals surface area contributed by atoms with Gasteiger partial charge >= 0.3 is 0 Å². The van der Waals surface area contributed by atoms with E-state index in [2.05, 4.69) is 21.2 Å². The molecule has 0 aliphatic heterocycles. The number of nitrogen functional groups attached to an aromatic ring is 1. The lowest BCUT2D eigenvalue weighted by Gasteiger charge is -2.09. The topological polar surface area (TPSA) is 73.6 Å². The van der Waals surface area contributed by atoms with Gasteiger partial charge in [-0.05, 0) is 48.0 Å². The molecule has 1 aromatic carbocycles. The highest BCUT2D eigenvalue weighted by Gasteiger charge is 2.06. The number of nitrogens with one attached hydrogen (secondary N) is 1. The van der Waals surface area contributed by atoms with Gasteiger partial charge in [0.15, 0.2) is 0 Å². The van der Waals surface area contributed by atoms with Crippen LogP contribution in [0.4, 0.5) is 11.4 Å². The Hall–Kier alpha value is -1.11. The van der Waals surface area contributed by atoms with Gasteiger partial charge in [-0.2, -0.15) is 0 Å². The lowest BCUT2D eigenvalue weighted by molar-refractivity contribution is -0.121. The molecule has 0 heterocycles. The third-order valence-corrected chi connectivity index (χ3v) is 2.84. The number of anilines is 2. The van der Waals surface area contributed by atoms with Gasteiger partial charge < -0.3 is 20.5 Å². The highest BCUT2D eigenvalue weighted by molar-refractivity contribution is 9.10. The normalized spacial score (nSPS) is 10.7. The largest absolute Gasteiger partial charge is 0.399 e. The lowest BCUT2D eigenvalue weighted by Crippen LogP contribution is -2.20. The fourth-order valence-corrected chi connectivity index (χ4v) is 1.82. The monoisotopic (exact) mass is 330 g/mol. The zero-order valence-electron chi connectivity index (χ0n) is 11.1. The molecule has 0 radical (unpaired) electrons. The average Bonchev–Trinajstić information content (AvgIpc) is 2.32. The molecule has 0 bridgehead atoms. The smallest absolute Gasteiger partial charge is 0.250 e. The number of rotatable bonds is 7. The van der Waals surface area contributed by atoms with Gasteiger partial charge in [0.2, 0.25) is 5.91 Å². The van der Waals surface area contributed by atoms with Crippen molar-refractivity contribution in [3.05, 3.63) is 22.7 Å². The van der Waals surface area contributed by atoms with Crippen molar-refractivity contribution in [2.75, 3.05) is 30.9 Å². The molecule has 5 nitrogen and oxygen atoms in total. The molecule has 3 N–H and O–H groups in total. The van der Waals surface area contributed by atoms with E-state index in [1.165, 1.54) is 0 Å². The first-order valence-electron chi connectivity index (χ1n) is 6.03. The van der Waals surface area contributed by atoms with Gasteiger partial charge in [-0.3, -0.25) is 4.79 Å². The van der Waals surface area contributed by atoms with E-state index in [0.29, 0.717) is 24.6 Å². The summed E-state index contributed by atoms with van der Waals surface area (Å²) in [4.78, 5) is 11.6. The molecule has 0 saturated carbocycles. The molecule has 1 rings (SSSR count). The second-order valence-corrected chi connectivity index (χ2v) is 5.11. The van der Waals surface area contributed by atoms with Crippen LogP contribution in [0.15, 0.2) is 22.7 Å². The first-order chi connectivity index (χ1) is 8.99. The summed E-state index contributed by atoms with van der Waals surface area (Å²) in [6.07, 6.45) is 0.170. The van der Waals surface area contributed by atoms with Crippen LogP contribution < -0.4 is 11.1 Å². The van der Waals surface area contributed by atoms with Crippen molar-refractivity contribution in [1.82, 2.24) is 0 Å². The summed E-state index contributed by atoms with van der Waals surface area (Å²) < 4.78 is 11.2. The molecule has 0 atom stereocenters. The Labute approximate surface area is 121 Å². The molecule has 0 unspecified atom stereocenters. The van der Waals surface area contributed by atoms with Crippen molar-refractivity contribution in [2.45, 2.75) is 20.0 Å². The molecule has 6 heteroatoms. The summed E-state index contributed by atoms with van der Waals surface area (Å²) in [7, 11) is 0. The van der Waals surface area contributed by atoms with Crippen molar-refractivity contribution < 1.29 is 14.3 Å². The Balaban J connectivity index is 2.27. The van der Waals surface area contributed by atoms with Crippen LogP contribution in [0.2, 0.25) is 0 Å². The molecule has 19 heavy (non-hydrogen) atoms. The quantitative estimate of drug-likeness (QED) is 0.594. The van der Waals surface area contributed by atoms with Crippen molar-refractivity contribution in [3.8, 4) is 0 Å². The third-order valence-electron chi connectivity index (χ3n) is 2.18. The van der Waals surface area contributed by atoms with Gasteiger partial charge in [0.1, 0.15) is 6.61 Å². The Kier molecular flexibility index (Phi) is 6.83. The number of carbonyl (C=O) groups excluding carboxylic acids is 1. The average molecular weight is 331 g/mol. The highest BCUT2D eigenvalue weighted by Crippen LogP contribution is 2.24. The number of hydrogen-bond acceptors (Lipinski definition) is 4. The number of carbonyl (C=O) groups is 1. The van der Waals surface area contributed by atoms with Crippen molar-refractivity contribution >= 4 is 33.2 Å². The van der Waals surface area contributed by atoms with Crippen LogP contribution in [0.5, 0.6) is 0 Å².